The van der Waals surface area contributed by atoms with Gasteiger partial charge in [0.15, 0.2) is 0 Å². The number of aryl methyl sites for hydroxylation is 1. The second-order valence-electron chi connectivity index (χ2n) is 11.3. The largest absolute Gasteiger partial charge is 0.472 e. The summed E-state index contributed by atoms with van der Waals surface area (Å²) in [5.41, 5.74) is -1.04. The summed E-state index contributed by atoms with van der Waals surface area (Å²) in [5.74, 6) is -0.460. The van der Waals surface area contributed by atoms with Crippen LogP contribution in [0.3, 0.4) is 0 Å². The van der Waals surface area contributed by atoms with Crippen LogP contribution in [0.5, 0.6) is 0 Å². The van der Waals surface area contributed by atoms with E-state index in [1.165, 1.54) is 70.9 Å². The summed E-state index contributed by atoms with van der Waals surface area (Å²) in [6.07, 6.45) is 12.5. The second kappa shape index (κ2) is 20.2. The predicted molar refractivity (Wildman–Crippen MR) is 160 cm³/mol. The number of aromatic nitrogens is 2. The lowest BCUT2D eigenvalue weighted by Crippen LogP contribution is -2.33. The molecule has 0 aliphatic carbocycles. The van der Waals surface area contributed by atoms with Crippen LogP contribution in [0.25, 0.3) is 0 Å². The van der Waals surface area contributed by atoms with Crippen LogP contribution < -0.4 is 11.2 Å². The zero-order chi connectivity index (χ0) is 31.7. The van der Waals surface area contributed by atoms with E-state index in [2.05, 4.69) is 11.9 Å². The van der Waals surface area contributed by atoms with E-state index in [0.717, 1.165) is 23.8 Å². The van der Waals surface area contributed by atoms with Gasteiger partial charge < -0.3 is 24.6 Å². The van der Waals surface area contributed by atoms with Crippen LogP contribution in [-0.4, -0.2) is 68.8 Å². The Morgan fingerprint density at radius 1 is 1.05 bits per heavy atom. The van der Waals surface area contributed by atoms with Gasteiger partial charge in [-0.1, -0.05) is 84.0 Å². The first-order valence-corrected chi connectivity index (χ1v) is 17.1. The van der Waals surface area contributed by atoms with Crippen molar-refractivity contribution in [1.29, 1.82) is 0 Å². The van der Waals surface area contributed by atoms with Gasteiger partial charge in [-0.3, -0.25) is 28.2 Å². The predicted octanol–water partition coefficient (Wildman–Crippen LogP) is 4.01. The summed E-state index contributed by atoms with van der Waals surface area (Å²) in [4.78, 5) is 48.0. The molecule has 43 heavy (non-hydrogen) atoms. The van der Waals surface area contributed by atoms with Gasteiger partial charge in [0.1, 0.15) is 31.1 Å². The highest BCUT2D eigenvalue weighted by atomic mass is 31.2. The molecule has 0 aromatic carbocycles. The average Bonchev–Trinajstić information content (AvgIpc) is 3.36. The highest BCUT2D eigenvalue weighted by Crippen LogP contribution is 2.48. The van der Waals surface area contributed by atoms with Crippen LogP contribution >= 0.6 is 7.82 Å². The summed E-state index contributed by atoms with van der Waals surface area (Å²) in [6.45, 7) is 2.11. The molecule has 1 unspecified atom stereocenters. The normalized spacial score (nSPS) is 20.6. The minimum absolute atomic E-state index is 0.0934. The SMILES string of the molecule is CCCCCCCCCCCCCCCC(=O)OC[C@@H](O)COP(=O)(O)O[C@H]1C[C@H](n2cc(C)c(=O)[nH]c2=O)O[C@@H]1CO. The molecule has 2 rings (SSSR count). The molecule has 4 N–H and O–H groups in total. The van der Waals surface area contributed by atoms with E-state index >= 15 is 0 Å². The molecule has 0 bridgehead atoms. The van der Waals surface area contributed by atoms with Crippen LogP contribution in [0, 0.1) is 6.92 Å². The van der Waals surface area contributed by atoms with Gasteiger partial charge in [-0.25, -0.2) is 9.36 Å². The molecule has 0 radical (unpaired) electrons. The number of phosphoric ester groups is 1. The van der Waals surface area contributed by atoms with Crippen molar-refractivity contribution in [2.45, 2.75) is 135 Å². The number of rotatable bonds is 23. The highest BCUT2D eigenvalue weighted by molar-refractivity contribution is 7.47. The van der Waals surface area contributed by atoms with Crippen molar-refractivity contribution in [3.05, 3.63) is 32.6 Å². The van der Waals surface area contributed by atoms with Crippen molar-refractivity contribution in [2.75, 3.05) is 19.8 Å². The molecule has 13 nitrogen and oxygen atoms in total. The smallest absolute Gasteiger partial charge is 0.463 e. The van der Waals surface area contributed by atoms with Crippen molar-refractivity contribution < 1.29 is 43.0 Å². The quantitative estimate of drug-likeness (QED) is 0.0774. The molecule has 1 saturated heterocycles. The van der Waals surface area contributed by atoms with Gasteiger partial charge in [0, 0.05) is 24.6 Å². The van der Waals surface area contributed by atoms with Crippen LogP contribution in [0.4, 0.5) is 0 Å². The number of aliphatic hydroxyl groups excluding tert-OH is 2. The first kappa shape index (κ1) is 37.3. The first-order chi connectivity index (χ1) is 20.6. The fraction of sp³-hybridized carbons (Fsp3) is 0.828. The molecule has 2 heterocycles. The van der Waals surface area contributed by atoms with Crippen molar-refractivity contribution in [3.8, 4) is 0 Å². The number of nitrogens with zero attached hydrogens (tertiary/aromatic N) is 1. The number of esters is 1. The van der Waals surface area contributed by atoms with Gasteiger partial charge >= 0.3 is 19.5 Å². The van der Waals surface area contributed by atoms with E-state index in [1.54, 1.807) is 0 Å². The number of nitrogens with one attached hydrogen (secondary N) is 1. The molecule has 5 atom stereocenters. The van der Waals surface area contributed by atoms with Crippen LogP contribution in [-0.2, 0) is 27.9 Å². The Bertz CT molecular complexity index is 1110. The van der Waals surface area contributed by atoms with E-state index in [1.807, 2.05) is 0 Å². The standard InChI is InChI=1S/C29H51N2O11P/c1-3-4-5-6-7-8-9-10-11-12-13-14-15-16-27(34)39-20-23(33)21-40-43(37,38)42-24-17-26(41-25(24)19-32)31-18-22(2)28(35)30-29(31)36/h18,23-26,32-33H,3-17,19-21H2,1-2H3,(H,37,38)(H,30,35,36)/t23-,24+,25-,26-/m1/s1. The third kappa shape index (κ3) is 14.6. The lowest BCUT2D eigenvalue weighted by molar-refractivity contribution is -0.147. The summed E-state index contributed by atoms with van der Waals surface area (Å²) >= 11 is 0. The lowest BCUT2D eigenvalue weighted by atomic mass is 10.0. The molecule has 1 aliphatic rings. The number of ether oxygens (including phenoxy) is 2. The molecule has 1 aromatic rings. The number of H-pyrrole nitrogens is 1. The molecule has 1 aliphatic heterocycles. The minimum atomic E-state index is -4.72. The Balaban J connectivity index is 1.58. The third-order valence-electron chi connectivity index (χ3n) is 7.44. The number of hydrogen-bond donors (Lipinski definition) is 4. The fourth-order valence-corrected chi connectivity index (χ4v) is 5.91. The van der Waals surface area contributed by atoms with Crippen LogP contribution in [0.15, 0.2) is 15.8 Å². The fourth-order valence-electron chi connectivity index (χ4n) is 4.92. The van der Waals surface area contributed by atoms with Gasteiger partial charge in [-0.15, -0.1) is 0 Å². The van der Waals surface area contributed by atoms with Gasteiger partial charge in [-0.05, 0) is 13.3 Å². The van der Waals surface area contributed by atoms with Crippen molar-refractivity contribution in [2.24, 2.45) is 0 Å². The third-order valence-corrected chi connectivity index (χ3v) is 8.45. The number of aliphatic hydroxyl groups is 2. The average molecular weight is 635 g/mol. The van der Waals surface area contributed by atoms with Crippen LogP contribution in [0.2, 0.25) is 0 Å². The number of carbonyl (C=O) groups excluding carboxylic acids is 1. The summed E-state index contributed by atoms with van der Waals surface area (Å²) in [6, 6.07) is 0. The maximum Gasteiger partial charge on any atom is 0.472 e. The maximum atomic E-state index is 12.5. The molecule has 14 heteroatoms. The zero-order valence-electron chi connectivity index (χ0n) is 25.6. The Labute approximate surface area is 253 Å². The van der Waals surface area contributed by atoms with E-state index in [4.69, 9.17) is 18.5 Å². The maximum absolute atomic E-state index is 12.5. The van der Waals surface area contributed by atoms with Gasteiger partial charge in [0.05, 0.1) is 13.2 Å². The van der Waals surface area contributed by atoms with Crippen molar-refractivity contribution in [1.82, 2.24) is 9.55 Å². The number of carbonyl (C=O) groups is 1. The monoisotopic (exact) mass is 634 g/mol. The number of unbranched alkanes of at least 4 members (excludes halogenated alkanes) is 12. The van der Waals surface area contributed by atoms with Gasteiger partial charge in [0.25, 0.3) is 5.56 Å². The topological polar surface area (TPSA) is 187 Å². The number of phosphoric acid groups is 1. The number of hydrogen-bond acceptors (Lipinski definition) is 10. The van der Waals surface area contributed by atoms with Crippen molar-refractivity contribution in [3.63, 3.8) is 0 Å². The first-order valence-electron chi connectivity index (χ1n) is 15.6. The van der Waals surface area contributed by atoms with Crippen molar-refractivity contribution >= 4 is 13.8 Å². The summed E-state index contributed by atoms with van der Waals surface area (Å²) < 4.78 is 34.2. The molecule has 0 amide bonds. The van der Waals surface area contributed by atoms with E-state index in [-0.39, 0.29) is 18.4 Å². The minimum Gasteiger partial charge on any atom is -0.463 e. The van der Waals surface area contributed by atoms with Crippen LogP contribution in [0.1, 0.15) is 115 Å². The van der Waals surface area contributed by atoms with E-state index < -0.39 is 69.4 Å². The Morgan fingerprint density at radius 3 is 2.21 bits per heavy atom. The summed E-state index contributed by atoms with van der Waals surface area (Å²) in [5, 5.41) is 19.7. The molecular weight excluding hydrogens is 583 g/mol. The Kier molecular flexibility index (Phi) is 17.6. The number of aromatic amines is 1. The molecule has 1 fully saturated rings. The Morgan fingerprint density at radius 2 is 1.63 bits per heavy atom. The molecule has 0 saturated carbocycles. The van der Waals surface area contributed by atoms with E-state index in [9.17, 15) is 34.1 Å². The lowest BCUT2D eigenvalue weighted by Gasteiger charge is -2.20. The molecule has 248 valence electrons. The summed E-state index contributed by atoms with van der Waals surface area (Å²) in [7, 11) is -4.72. The second-order valence-corrected chi connectivity index (χ2v) is 12.7. The van der Waals surface area contributed by atoms with Gasteiger partial charge in [-0.2, -0.15) is 0 Å². The molecule has 0 spiro atoms. The molecular formula is C29H51N2O11P. The van der Waals surface area contributed by atoms with Gasteiger partial charge in [0.2, 0.25) is 0 Å². The zero-order valence-corrected chi connectivity index (χ0v) is 26.5. The van der Waals surface area contributed by atoms with E-state index in [0.29, 0.717) is 6.42 Å². The molecule has 1 aromatic heterocycles. The Hall–Kier alpha value is -1.86. The highest BCUT2D eigenvalue weighted by Gasteiger charge is 2.41.